The Morgan fingerprint density at radius 2 is 2.29 bits per heavy atom. The summed E-state index contributed by atoms with van der Waals surface area (Å²) in [6.45, 7) is 2.67. The van der Waals surface area contributed by atoms with Crippen LogP contribution in [-0.2, 0) is 0 Å². The van der Waals surface area contributed by atoms with Gasteiger partial charge in [-0.25, -0.2) is 4.39 Å². The molecule has 2 heterocycles. The lowest BCUT2D eigenvalue weighted by atomic mass is 9.72. The molecule has 2 aliphatic heterocycles. The zero-order valence-corrected chi connectivity index (χ0v) is 14.6. The molecular weight excluding hydrogens is 335 g/mol. The summed E-state index contributed by atoms with van der Waals surface area (Å²) in [5, 5.41) is 13.7. The van der Waals surface area contributed by atoms with Gasteiger partial charge in [0.25, 0.3) is 5.91 Å². The lowest BCUT2D eigenvalue weighted by Crippen LogP contribution is -2.58. The fourth-order valence-corrected chi connectivity index (χ4v) is 3.73. The molecule has 1 aromatic rings. The van der Waals surface area contributed by atoms with Gasteiger partial charge in [-0.15, -0.1) is 12.4 Å². The lowest BCUT2D eigenvalue weighted by molar-refractivity contribution is -0.0433. The number of amides is 1. The third-order valence-corrected chi connectivity index (χ3v) is 5.07. The molecule has 0 aliphatic carbocycles. The van der Waals surface area contributed by atoms with Gasteiger partial charge in [-0.3, -0.25) is 4.79 Å². The van der Waals surface area contributed by atoms with Gasteiger partial charge in [0.15, 0.2) is 11.6 Å². The molecule has 1 aromatic carbocycles. The van der Waals surface area contributed by atoms with Crippen molar-refractivity contribution in [2.24, 2.45) is 5.41 Å². The van der Waals surface area contributed by atoms with Gasteiger partial charge in [0, 0.05) is 30.6 Å². The van der Waals surface area contributed by atoms with Crippen molar-refractivity contribution in [3.63, 3.8) is 0 Å². The predicted molar refractivity (Wildman–Crippen MR) is 91.3 cm³/mol. The van der Waals surface area contributed by atoms with E-state index in [1.807, 2.05) is 0 Å². The van der Waals surface area contributed by atoms with Crippen LogP contribution in [0.25, 0.3) is 0 Å². The topological polar surface area (TPSA) is 61.8 Å². The van der Waals surface area contributed by atoms with Crippen LogP contribution in [0, 0.1) is 11.2 Å². The Morgan fingerprint density at radius 1 is 1.50 bits per heavy atom. The van der Waals surface area contributed by atoms with Crippen LogP contribution in [0.5, 0.6) is 5.75 Å². The maximum absolute atomic E-state index is 13.8. The van der Waals surface area contributed by atoms with E-state index >= 15 is 0 Å². The molecule has 7 heteroatoms. The Balaban J connectivity index is 0.00000208. The average Bonchev–Trinajstić information content (AvgIpc) is 2.57. The highest BCUT2D eigenvalue weighted by atomic mass is 35.5. The maximum atomic E-state index is 13.8. The summed E-state index contributed by atoms with van der Waals surface area (Å²) in [6, 6.07) is 4.28. The molecule has 134 valence electrons. The average molecular weight is 359 g/mol. The summed E-state index contributed by atoms with van der Waals surface area (Å²) in [5.41, 5.74) is 0.0376. The molecule has 2 saturated heterocycles. The van der Waals surface area contributed by atoms with E-state index in [1.54, 1.807) is 11.0 Å². The number of methoxy groups -OCH3 is 1. The fourth-order valence-electron chi connectivity index (χ4n) is 3.73. The number of hydrogen-bond donors (Lipinski definition) is 2. The van der Waals surface area contributed by atoms with Crippen LogP contribution in [0.3, 0.4) is 0 Å². The van der Waals surface area contributed by atoms with Crippen molar-refractivity contribution in [3.8, 4) is 5.75 Å². The van der Waals surface area contributed by atoms with Gasteiger partial charge in [0.1, 0.15) is 0 Å². The van der Waals surface area contributed by atoms with Crippen molar-refractivity contribution < 1.29 is 19.0 Å². The van der Waals surface area contributed by atoms with Crippen LogP contribution in [0.4, 0.5) is 4.39 Å². The second-order valence-corrected chi connectivity index (χ2v) is 6.52. The molecule has 24 heavy (non-hydrogen) atoms. The summed E-state index contributed by atoms with van der Waals surface area (Å²) < 4.78 is 18.7. The van der Waals surface area contributed by atoms with Crippen molar-refractivity contribution in [1.82, 2.24) is 10.2 Å². The molecule has 2 atom stereocenters. The number of carbonyl (C=O) groups excluding carboxylic acids is 1. The van der Waals surface area contributed by atoms with Crippen LogP contribution in [0.15, 0.2) is 18.2 Å². The number of piperidine rings is 2. The summed E-state index contributed by atoms with van der Waals surface area (Å²) in [6.07, 6.45) is 2.07. The molecule has 0 radical (unpaired) electrons. The third-order valence-electron chi connectivity index (χ3n) is 5.07. The fraction of sp³-hybridized carbons (Fsp3) is 0.588. The summed E-state index contributed by atoms with van der Waals surface area (Å²) >= 11 is 0. The largest absolute Gasteiger partial charge is 0.494 e. The molecule has 2 aliphatic rings. The van der Waals surface area contributed by atoms with Crippen LogP contribution >= 0.6 is 12.4 Å². The summed E-state index contributed by atoms with van der Waals surface area (Å²) in [7, 11) is 1.39. The molecule has 5 nitrogen and oxygen atoms in total. The van der Waals surface area contributed by atoms with Crippen molar-refractivity contribution in [2.75, 3.05) is 33.3 Å². The van der Waals surface area contributed by atoms with Crippen molar-refractivity contribution in [2.45, 2.75) is 25.4 Å². The Bertz CT molecular complexity index is 597. The van der Waals surface area contributed by atoms with Gasteiger partial charge in [0.05, 0.1) is 13.2 Å². The molecular formula is C17H24ClFN2O3. The zero-order chi connectivity index (χ0) is 16.4. The van der Waals surface area contributed by atoms with Crippen LogP contribution in [0.1, 0.15) is 29.6 Å². The number of ether oxygens (including phenoxy) is 1. The zero-order valence-electron chi connectivity index (χ0n) is 13.8. The molecule has 2 fully saturated rings. The number of likely N-dealkylation sites (tertiary alicyclic amines) is 1. The quantitative estimate of drug-likeness (QED) is 0.846. The lowest BCUT2D eigenvalue weighted by Gasteiger charge is -2.48. The van der Waals surface area contributed by atoms with E-state index in [-0.39, 0.29) is 29.5 Å². The number of rotatable bonds is 2. The van der Waals surface area contributed by atoms with Gasteiger partial charge in [-0.05, 0) is 44.0 Å². The van der Waals surface area contributed by atoms with E-state index < -0.39 is 11.9 Å². The number of carbonyl (C=O) groups is 1. The van der Waals surface area contributed by atoms with E-state index in [1.165, 1.54) is 19.2 Å². The standard InChI is InChI=1S/C17H23FN2O3.ClH/c1-23-14-4-3-12(9-13(14)18)16(22)20-8-2-6-17(11-20)10-19-7-5-15(17)21;/h3-4,9,15,19,21H,2,5-8,10-11H2,1H3;1H/t15-,17-;/m0./s1. The summed E-state index contributed by atoms with van der Waals surface area (Å²) in [4.78, 5) is 14.4. The number of nitrogens with one attached hydrogen (secondary N) is 1. The number of hydrogen-bond acceptors (Lipinski definition) is 4. The third kappa shape index (κ3) is 3.50. The highest BCUT2D eigenvalue weighted by molar-refractivity contribution is 5.94. The molecule has 0 aromatic heterocycles. The first-order valence-corrected chi connectivity index (χ1v) is 8.07. The van der Waals surface area contributed by atoms with E-state index in [9.17, 15) is 14.3 Å². The minimum Gasteiger partial charge on any atom is -0.494 e. The van der Waals surface area contributed by atoms with Gasteiger partial charge in [0.2, 0.25) is 0 Å². The minimum atomic E-state index is -0.538. The summed E-state index contributed by atoms with van der Waals surface area (Å²) in [5.74, 6) is -0.601. The van der Waals surface area contributed by atoms with Crippen molar-refractivity contribution in [3.05, 3.63) is 29.6 Å². The highest BCUT2D eigenvalue weighted by Crippen LogP contribution is 2.36. The normalized spacial score (nSPS) is 26.8. The second kappa shape index (κ2) is 7.68. The molecule has 1 amide bonds. The van der Waals surface area contributed by atoms with Crippen molar-refractivity contribution >= 4 is 18.3 Å². The smallest absolute Gasteiger partial charge is 0.253 e. The maximum Gasteiger partial charge on any atom is 0.253 e. The number of benzene rings is 1. The van der Waals surface area contributed by atoms with Gasteiger partial charge in [-0.1, -0.05) is 0 Å². The Labute approximate surface area is 147 Å². The van der Waals surface area contributed by atoms with E-state index in [2.05, 4.69) is 5.32 Å². The first kappa shape index (κ1) is 19.0. The SMILES string of the molecule is COc1ccc(C(=O)N2CCC[C@]3(CNCC[C@@H]3O)C2)cc1F.Cl. The Kier molecular flexibility index (Phi) is 6.06. The minimum absolute atomic E-state index is 0. The van der Waals surface area contributed by atoms with Crippen LogP contribution in [-0.4, -0.2) is 55.3 Å². The predicted octanol–water partition coefficient (Wildman–Crippen LogP) is 1.83. The Hall–Kier alpha value is -1.37. The molecule has 3 rings (SSSR count). The van der Waals surface area contributed by atoms with E-state index in [4.69, 9.17) is 4.74 Å². The van der Waals surface area contributed by atoms with Crippen LogP contribution < -0.4 is 10.1 Å². The Morgan fingerprint density at radius 3 is 2.96 bits per heavy atom. The number of nitrogens with zero attached hydrogens (tertiary/aromatic N) is 1. The molecule has 0 unspecified atom stereocenters. The molecule has 0 saturated carbocycles. The van der Waals surface area contributed by atoms with Crippen molar-refractivity contribution in [1.29, 1.82) is 0 Å². The number of aliphatic hydroxyl groups is 1. The highest BCUT2D eigenvalue weighted by Gasteiger charge is 2.44. The van der Waals surface area contributed by atoms with E-state index in [0.717, 1.165) is 25.9 Å². The molecule has 0 bridgehead atoms. The second-order valence-electron chi connectivity index (χ2n) is 6.52. The molecule has 1 spiro atoms. The van der Waals surface area contributed by atoms with Gasteiger partial charge in [-0.2, -0.15) is 0 Å². The number of halogens is 2. The first-order chi connectivity index (χ1) is 11.1. The van der Waals surface area contributed by atoms with E-state index in [0.29, 0.717) is 25.1 Å². The number of aliphatic hydroxyl groups excluding tert-OH is 1. The van der Waals surface area contributed by atoms with Gasteiger partial charge < -0.3 is 20.1 Å². The van der Waals surface area contributed by atoms with Gasteiger partial charge >= 0.3 is 0 Å². The first-order valence-electron chi connectivity index (χ1n) is 8.07. The molecule has 2 N–H and O–H groups in total. The van der Waals surface area contributed by atoms with Crippen LogP contribution in [0.2, 0.25) is 0 Å². The monoisotopic (exact) mass is 358 g/mol.